The van der Waals surface area contributed by atoms with Crippen LogP contribution in [0.3, 0.4) is 0 Å². The molecule has 1 aliphatic rings. The van der Waals surface area contributed by atoms with Crippen molar-refractivity contribution in [2.45, 2.75) is 31.7 Å². The third-order valence-electron chi connectivity index (χ3n) is 4.78. The fourth-order valence-corrected chi connectivity index (χ4v) is 3.88. The Bertz CT molecular complexity index is 855. The van der Waals surface area contributed by atoms with Gasteiger partial charge in [-0.15, -0.1) is 0 Å². The Morgan fingerprint density at radius 1 is 1.27 bits per heavy atom. The molecule has 1 N–H and O–H groups in total. The molecule has 8 heteroatoms. The van der Waals surface area contributed by atoms with Crippen LogP contribution < -0.4 is 5.32 Å². The van der Waals surface area contributed by atoms with E-state index in [2.05, 4.69) is 23.9 Å². The Labute approximate surface area is 155 Å². The molecule has 136 valence electrons. The number of nitrogens with one attached hydrogen (secondary N) is 1. The van der Waals surface area contributed by atoms with Crippen molar-refractivity contribution in [3.05, 3.63) is 42.0 Å². The zero-order chi connectivity index (χ0) is 17.8. The van der Waals surface area contributed by atoms with E-state index in [1.165, 1.54) is 25.7 Å². The lowest BCUT2D eigenvalue weighted by molar-refractivity contribution is 0.0927. The quantitative estimate of drug-likeness (QED) is 0.742. The predicted molar refractivity (Wildman–Crippen MR) is 99.0 cm³/mol. The first kappa shape index (κ1) is 17.1. The van der Waals surface area contributed by atoms with Crippen molar-refractivity contribution in [3.8, 4) is 0 Å². The Balaban J connectivity index is 1.47. The molecular formula is C18H21N5O2S. The number of pyridine rings is 1. The molecule has 4 heterocycles. The van der Waals surface area contributed by atoms with Crippen molar-refractivity contribution < 1.29 is 9.21 Å². The normalized spacial score (nSPS) is 17.1. The van der Waals surface area contributed by atoms with E-state index in [1.54, 1.807) is 18.5 Å². The van der Waals surface area contributed by atoms with Gasteiger partial charge in [0.25, 0.3) is 5.91 Å². The van der Waals surface area contributed by atoms with Crippen molar-refractivity contribution in [3.63, 3.8) is 0 Å². The van der Waals surface area contributed by atoms with Gasteiger partial charge in [-0.05, 0) is 44.1 Å². The van der Waals surface area contributed by atoms with Gasteiger partial charge in [-0.3, -0.25) is 9.69 Å². The monoisotopic (exact) mass is 371 g/mol. The highest BCUT2D eigenvalue weighted by atomic mass is 32.1. The predicted octanol–water partition coefficient (Wildman–Crippen LogP) is 3.03. The number of carbonyl (C=O) groups excluding carboxylic acids is 1. The summed E-state index contributed by atoms with van der Waals surface area (Å²) in [6.07, 6.45) is 8.13. The summed E-state index contributed by atoms with van der Waals surface area (Å²) < 4.78 is 13.9. The van der Waals surface area contributed by atoms with E-state index >= 15 is 0 Å². The van der Waals surface area contributed by atoms with Crippen molar-refractivity contribution in [2.75, 3.05) is 19.6 Å². The van der Waals surface area contributed by atoms with E-state index in [0.29, 0.717) is 23.3 Å². The zero-order valence-corrected chi connectivity index (χ0v) is 15.2. The largest absolute Gasteiger partial charge is 0.468 e. The van der Waals surface area contributed by atoms with Crippen molar-refractivity contribution in [2.24, 2.45) is 0 Å². The first-order chi connectivity index (χ1) is 12.8. The molecule has 1 amide bonds. The number of aromatic nitrogens is 3. The third kappa shape index (κ3) is 3.76. The summed E-state index contributed by atoms with van der Waals surface area (Å²) in [6.45, 7) is 2.55. The summed E-state index contributed by atoms with van der Waals surface area (Å²) in [5.41, 5.74) is 1.72. The summed E-state index contributed by atoms with van der Waals surface area (Å²) in [7, 11) is 0. The van der Waals surface area contributed by atoms with Crippen LogP contribution in [0.4, 0.5) is 0 Å². The number of carbonyl (C=O) groups is 1. The van der Waals surface area contributed by atoms with Gasteiger partial charge in [0, 0.05) is 12.7 Å². The molecule has 3 aromatic rings. The number of likely N-dealkylation sites (tertiary alicyclic amines) is 1. The molecular weight excluding hydrogens is 350 g/mol. The molecule has 3 aromatic heterocycles. The standard InChI is InChI=1S/C18H21N5O2S/c24-18(13-10-14-17(19-11-13)22-26-21-14)20-12-15(16-6-5-9-25-16)23-7-3-1-2-4-8-23/h5-6,9-11,15H,1-4,7-8,12H2,(H,20,24). The van der Waals surface area contributed by atoms with Crippen molar-refractivity contribution >= 4 is 28.8 Å². The smallest absolute Gasteiger partial charge is 0.252 e. The average Bonchev–Trinajstić information content (AvgIpc) is 3.28. The molecule has 1 atom stereocenters. The molecule has 0 aromatic carbocycles. The van der Waals surface area contributed by atoms with Crippen LogP contribution in [0, 0.1) is 0 Å². The summed E-state index contributed by atoms with van der Waals surface area (Å²) in [5, 5.41) is 3.04. The summed E-state index contributed by atoms with van der Waals surface area (Å²) in [4.78, 5) is 19.2. The van der Waals surface area contributed by atoms with Crippen LogP contribution in [0.25, 0.3) is 11.2 Å². The topological polar surface area (TPSA) is 84.2 Å². The van der Waals surface area contributed by atoms with E-state index in [0.717, 1.165) is 30.6 Å². The van der Waals surface area contributed by atoms with Gasteiger partial charge in [-0.2, -0.15) is 8.75 Å². The molecule has 1 fully saturated rings. The number of hydrogen-bond acceptors (Lipinski definition) is 7. The van der Waals surface area contributed by atoms with Gasteiger partial charge in [0.15, 0.2) is 5.65 Å². The lowest BCUT2D eigenvalue weighted by Crippen LogP contribution is -2.38. The first-order valence-electron chi connectivity index (χ1n) is 8.95. The van der Waals surface area contributed by atoms with Gasteiger partial charge in [-0.25, -0.2) is 4.98 Å². The van der Waals surface area contributed by atoms with Crippen LogP contribution in [-0.4, -0.2) is 44.2 Å². The van der Waals surface area contributed by atoms with Gasteiger partial charge in [-0.1, -0.05) is 12.8 Å². The minimum Gasteiger partial charge on any atom is -0.468 e. The molecule has 0 aliphatic carbocycles. The molecule has 7 nitrogen and oxygen atoms in total. The van der Waals surface area contributed by atoms with E-state index < -0.39 is 0 Å². The van der Waals surface area contributed by atoms with Gasteiger partial charge in [0.2, 0.25) is 0 Å². The highest BCUT2D eigenvalue weighted by Crippen LogP contribution is 2.24. The minimum atomic E-state index is -0.154. The van der Waals surface area contributed by atoms with Gasteiger partial charge < -0.3 is 9.73 Å². The molecule has 1 unspecified atom stereocenters. The summed E-state index contributed by atoms with van der Waals surface area (Å²) >= 11 is 1.10. The maximum Gasteiger partial charge on any atom is 0.252 e. The maximum absolute atomic E-state index is 12.6. The van der Waals surface area contributed by atoms with Crippen LogP contribution >= 0.6 is 11.7 Å². The Morgan fingerprint density at radius 3 is 2.88 bits per heavy atom. The molecule has 26 heavy (non-hydrogen) atoms. The van der Waals surface area contributed by atoms with Gasteiger partial charge in [0.1, 0.15) is 11.3 Å². The van der Waals surface area contributed by atoms with E-state index in [9.17, 15) is 4.79 Å². The van der Waals surface area contributed by atoms with Crippen molar-refractivity contribution in [1.29, 1.82) is 0 Å². The molecule has 0 saturated carbocycles. The van der Waals surface area contributed by atoms with Crippen molar-refractivity contribution in [1.82, 2.24) is 23.9 Å². The number of fused-ring (bicyclic) bond motifs is 1. The highest BCUT2D eigenvalue weighted by Gasteiger charge is 2.24. The van der Waals surface area contributed by atoms with Gasteiger partial charge in [0.05, 0.1) is 29.6 Å². The molecule has 0 radical (unpaired) electrons. The number of hydrogen-bond donors (Lipinski definition) is 1. The first-order valence-corrected chi connectivity index (χ1v) is 9.68. The number of nitrogens with zero attached hydrogens (tertiary/aromatic N) is 4. The summed E-state index contributed by atoms with van der Waals surface area (Å²) in [5.74, 6) is 0.739. The van der Waals surface area contributed by atoms with E-state index in [1.807, 2.05) is 12.1 Å². The third-order valence-corrected chi connectivity index (χ3v) is 5.32. The van der Waals surface area contributed by atoms with Crippen LogP contribution in [0.5, 0.6) is 0 Å². The fourth-order valence-electron chi connectivity index (χ4n) is 3.40. The second-order valence-corrected chi connectivity index (χ2v) is 7.05. The Morgan fingerprint density at radius 2 is 2.12 bits per heavy atom. The number of amides is 1. The second-order valence-electron chi connectivity index (χ2n) is 6.52. The summed E-state index contributed by atoms with van der Waals surface area (Å²) in [6, 6.07) is 5.66. The van der Waals surface area contributed by atoms with Crippen LogP contribution in [0.15, 0.2) is 35.1 Å². The minimum absolute atomic E-state index is 0.0460. The average molecular weight is 371 g/mol. The molecule has 4 rings (SSSR count). The van der Waals surface area contributed by atoms with Crippen LogP contribution in [0.1, 0.15) is 47.8 Å². The maximum atomic E-state index is 12.6. The highest BCUT2D eigenvalue weighted by molar-refractivity contribution is 7.00. The Kier molecular flexibility index (Phi) is 5.21. The Hall–Kier alpha value is -2.32. The number of rotatable bonds is 5. The molecule has 1 saturated heterocycles. The molecule has 1 aliphatic heterocycles. The van der Waals surface area contributed by atoms with Crippen LogP contribution in [0.2, 0.25) is 0 Å². The lowest BCUT2D eigenvalue weighted by atomic mass is 10.1. The second kappa shape index (κ2) is 7.92. The molecule has 0 spiro atoms. The van der Waals surface area contributed by atoms with E-state index in [-0.39, 0.29) is 11.9 Å². The number of furan rings is 1. The molecule has 0 bridgehead atoms. The zero-order valence-electron chi connectivity index (χ0n) is 14.4. The van der Waals surface area contributed by atoms with E-state index in [4.69, 9.17) is 4.42 Å². The fraction of sp³-hybridized carbons (Fsp3) is 0.444. The SMILES string of the molecule is O=C(NCC(c1ccco1)N1CCCCCC1)c1cnc2nsnc2c1. The van der Waals surface area contributed by atoms with Crippen LogP contribution in [-0.2, 0) is 0 Å². The lowest BCUT2D eigenvalue weighted by Gasteiger charge is -2.29. The van der Waals surface area contributed by atoms with Gasteiger partial charge >= 0.3 is 0 Å².